The number of phenolic OH excluding ortho intramolecular Hbond substituents is 1. The third-order valence-corrected chi connectivity index (χ3v) is 2.49. The summed E-state index contributed by atoms with van der Waals surface area (Å²) in [6, 6.07) is 4.06. The second-order valence-electron chi connectivity index (χ2n) is 3.84. The zero-order valence-electron chi connectivity index (χ0n) is 8.89. The Morgan fingerprint density at radius 2 is 1.92 bits per heavy atom. The van der Waals surface area contributed by atoms with E-state index in [4.69, 9.17) is 0 Å². The number of hydrogen-bond acceptors (Lipinski definition) is 1. The molecule has 72 valence electrons. The Morgan fingerprint density at radius 1 is 1.31 bits per heavy atom. The Hall–Kier alpha value is -0.980. The van der Waals surface area contributed by atoms with Gasteiger partial charge in [0, 0.05) is 0 Å². The van der Waals surface area contributed by atoms with Crippen molar-refractivity contribution in [3.05, 3.63) is 28.8 Å². The topological polar surface area (TPSA) is 20.2 Å². The molecule has 0 spiro atoms. The van der Waals surface area contributed by atoms with Crippen molar-refractivity contribution in [2.75, 3.05) is 0 Å². The number of aryl methyl sites for hydroxylation is 1. The summed E-state index contributed by atoms with van der Waals surface area (Å²) >= 11 is 0. The summed E-state index contributed by atoms with van der Waals surface area (Å²) < 4.78 is 0. The first-order chi connectivity index (χ1) is 6.06. The quantitative estimate of drug-likeness (QED) is 0.736. The minimum absolute atomic E-state index is 0.450. The minimum Gasteiger partial charge on any atom is -0.508 e. The van der Waals surface area contributed by atoms with Crippen molar-refractivity contribution in [3.63, 3.8) is 0 Å². The van der Waals surface area contributed by atoms with Crippen LogP contribution in [0.2, 0.25) is 0 Å². The van der Waals surface area contributed by atoms with Crippen LogP contribution >= 0.6 is 0 Å². The molecule has 0 atom stereocenters. The van der Waals surface area contributed by atoms with Gasteiger partial charge in [-0.2, -0.15) is 0 Å². The Bertz CT molecular complexity index is 277. The van der Waals surface area contributed by atoms with Gasteiger partial charge >= 0.3 is 0 Å². The predicted octanol–water partition coefficient (Wildman–Crippen LogP) is 3.39. The second-order valence-corrected chi connectivity index (χ2v) is 3.84. The summed E-state index contributed by atoms with van der Waals surface area (Å²) in [6.45, 7) is 8.40. The van der Waals surface area contributed by atoms with E-state index in [0.717, 1.165) is 12.0 Å². The van der Waals surface area contributed by atoms with Crippen molar-refractivity contribution < 1.29 is 5.11 Å². The van der Waals surface area contributed by atoms with E-state index in [1.54, 1.807) is 0 Å². The molecule has 0 heterocycles. The van der Waals surface area contributed by atoms with Crippen molar-refractivity contribution in [1.29, 1.82) is 0 Å². The number of benzene rings is 1. The maximum atomic E-state index is 9.72. The highest BCUT2D eigenvalue weighted by atomic mass is 16.3. The molecule has 1 rings (SSSR count). The lowest BCUT2D eigenvalue weighted by atomic mass is 9.96. The van der Waals surface area contributed by atoms with Gasteiger partial charge in [0.15, 0.2) is 0 Å². The average molecular weight is 178 g/mol. The van der Waals surface area contributed by atoms with Gasteiger partial charge in [-0.3, -0.25) is 0 Å². The van der Waals surface area contributed by atoms with Crippen LogP contribution in [0, 0.1) is 6.92 Å². The van der Waals surface area contributed by atoms with E-state index in [1.807, 2.05) is 6.07 Å². The van der Waals surface area contributed by atoms with Gasteiger partial charge in [0.2, 0.25) is 0 Å². The first kappa shape index (κ1) is 10.1. The molecule has 0 amide bonds. The molecule has 0 aliphatic heterocycles. The van der Waals surface area contributed by atoms with Gasteiger partial charge in [-0.05, 0) is 42.0 Å². The van der Waals surface area contributed by atoms with E-state index in [-0.39, 0.29) is 0 Å². The van der Waals surface area contributed by atoms with Crippen LogP contribution in [0.5, 0.6) is 5.75 Å². The summed E-state index contributed by atoms with van der Waals surface area (Å²) in [6.07, 6.45) is 0.899. The fourth-order valence-corrected chi connectivity index (χ4v) is 1.62. The number of hydrogen-bond donors (Lipinski definition) is 1. The largest absolute Gasteiger partial charge is 0.508 e. The summed E-state index contributed by atoms with van der Waals surface area (Å²) in [5.74, 6) is 0.932. The molecule has 0 fully saturated rings. The maximum Gasteiger partial charge on any atom is 0.119 e. The third-order valence-electron chi connectivity index (χ3n) is 2.49. The van der Waals surface area contributed by atoms with E-state index in [9.17, 15) is 5.11 Å². The fourth-order valence-electron chi connectivity index (χ4n) is 1.62. The zero-order valence-corrected chi connectivity index (χ0v) is 8.89. The standard InChI is InChI=1S/C12H18O/c1-5-11-9(4)6-10(8(2)3)7-12(11)13/h6-8,13H,5H2,1-4H3. The number of rotatable bonds is 2. The molecule has 1 aromatic carbocycles. The van der Waals surface area contributed by atoms with Crippen molar-refractivity contribution in [2.24, 2.45) is 0 Å². The Kier molecular flexibility index (Phi) is 2.97. The van der Waals surface area contributed by atoms with Gasteiger partial charge in [-0.25, -0.2) is 0 Å². The van der Waals surface area contributed by atoms with Crippen LogP contribution in [-0.4, -0.2) is 5.11 Å². The van der Waals surface area contributed by atoms with Crippen LogP contribution in [0.3, 0.4) is 0 Å². The molecule has 1 N–H and O–H groups in total. The lowest BCUT2D eigenvalue weighted by molar-refractivity contribution is 0.467. The van der Waals surface area contributed by atoms with Gasteiger partial charge in [-0.15, -0.1) is 0 Å². The summed E-state index contributed by atoms with van der Waals surface area (Å²) in [7, 11) is 0. The maximum absolute atomic E-state index is 9.72. The lowest BCUT2D eigenvalue weighted by Crippen LogP contribution is -1.93. The third kappa shape index (κ3) is 2.03. The van der Waals surface area contributed by atoms with E-state index in [1.165, 1.54) is 11.1 Å². The zero-order chi connectivity index (χ0) is 10.0. The number of phenols is 1. The van der Waals surface area contributed by atoms with E-state index < -0.39 is 0 Å². The average Bonchev–Trinajstić information content (AvgIpc) is 2.03. The van der Waals surface area contributed by atoms with Gasteiger partial charge in [0.05, 0.1) is 0 Å². The molecule has 1 nitrogen and oxygen atoms in total. The van der Waals surface area contributed by atoms with Gasteiger partial charge in [0.25, 0.3) is 0 Å². The van der Waals surface area contributed by atoms with E-state index in [0.29, 0.717) is 11.7 Å². The molecular formula is C12H18O. The van der Waals surface area contributed by atoms with E-state index >= 15 is 0 Å². The van der Waals surface area contributed by atoms with Crippen LogP contribution in [0.4, 0.5) is 0 Å². The lowest BCUT2D eigenvalue weighted by Gasteiger charge is -2.11. The van der Waals surface area contributed by atoms with Crippen molar-refractivity contribution in [2.45, 2.75) is 40.0 Å². The van der Waals surface area contributed by atoms with E-state index in [2.05, 4.69) is 33.8 Å². The highest BCUT2D eigenvalue weighted by molar-refractivity contribution is 5.43. The molecule has 0 unspecified atom stereocenters. The fraction of sp³-hybridized carbons (Fsp3) is 0.500. The molecule has 0 saturated heterocycles. The predicted molar refractivity (Wildman–Crippen MR) is 56.3 cm³/mol. The molecule has 0 bridgehead atoms. The van der Waals surface area contributed by atoms with Crippen molar-refractivity contribution in [1.82, 2.24) is 0 Å². The minimum atomic E-state index is 0.450. The van der Waals surface area contributed by atoms with Gasteiger partial charge in [0.1, 0.15) is 5.75 Å². The molecule has 13 heavy (non-hydrogen) atoms. The first-order valence-electron chi connectivity index (χ1n) is 4.88. The smallest absolute Gasteiger partial charge is 0.119 e. The molecule has 0 aliphatic rings. The molecule has 0 aromatic heterocycles. The van der Waals surface area contributed by atoms with Crippen molar-refractivity contribution in [3.8, 4) is 5.75 Å². The van der Waals surface area contributed by atoms with Crippen LogP contribution < -0.4 is 0 Å². The molecule has 1 heteroatoms. The summed E-state index contributed by atoms with van der Waals surface area (Å²) in [5, 5.41) is 9.72. The second kappa shape index (κ2) is 3.82. The van der Waals surface area contributed by atoms with Crippen LogP contribution in [0.25, 0.3) is 0 Å². The van der Waals surface area contributed by atoms with Crippen LogP contribution in [-0.2, 0) is 6.42 Å². The Morgan fingerprint density at radius 3 is 2.31 bits per heavy atom. The summed E-state index contributed by atoms with van der Waals surface area (Å²) in [4.78, 5) is 0. The van der Waals surface area contributed by atoms with Crippen molar-refractivity contribution >= 4 is 0 Å². The molecule has 1 aromatic rings. The first-order valence-corrected chi connectivity index (χ1v) is 4.88. The monoisotopic (exact) mass is 178 g/mol. The van der Waals surface area contributed by atoms with Crippen LogP contribution in [0.1, 0.15) is 43.4 Å². The number of aromatic hydroxyl groups is 1. The molecule has 0 radical (unpaired) electrons. The Balaban J connectivity index is 3.20. The molecule has 0 aliphatic carbocycles. The SMILES string of the molecule is CCc1c(C)cc(C(C)C)cc1O. The Labute approximate surface area is 80.4 Å². The summed E-state index contributed by atoms with van der Waals surface area (Å²) in [5.41, 5.74) is 3.49. The molecule has 0 saturated carbocycles. The van der Waals surface area contributed by atoms with Gasteiger partial charge in [-0.1, -0.05) is 26.8 Å². The normalized spacial score (nSPS) is 10.8. The van der Waals surface area contributed by atoms with Gasteiger partial charge < -0.3 is 5.11 Å². The van der Waals surface area contributed by atoms with Crippen LogP contribution in [0.15, 0.2) is 12.1 Å². The highest BCUT2D eigenvalue weighted by Gasteiger charge is 2.07. The highest BCUT2D eigenvalue weighted by Crippen LogP contribution is 2.27. The molecular weight excluding hydrogens is 160 g/mol.